The standard InChI is InChI=1S/C14H15BrN4OS/c1-8-3-4-11(10(15)5-8)18-13(20)7-21-14-17-9(2)6-12(16)19-14/h3-6H,7H2,1-2H3,(H,18,20)(H2,16,17,19). The number of aromatic nitrogens is 2. The van der Waals surface area contributed by atoms with Crippen LogP contribution >= 0.6 is 27.7 Å². The van der Waals surface area contributed by atoms with E-state index < -0.39 is 0 Å². The molecule has 1 amide bonds. The zero-order valence-corrected chi connectivity index (χ0v) is 14.1. The molecule has 0 spiro atoms. The van der Waals surface area contributed by atoms with Gasteiger partial charge in [-0.25, -0.2) is 9.97 Å². The Bertz CT molecular complexity index is 658. The molecule has 3 N–H and O–H groups in total. The Kier molecular flexibility index (Phi) is 5.19. The maximum Gasteiger partial charge on any atom is 0.234 e. The molecule has 1 aromatic carbocycles. The molecule has 0 unspecified atom stereocenters. The highest BCUT2D eigenvalue weighted by molar-refractivity contribution is 9.10. The van der Waals surface area contributed by atoms with E-state index in [9.17, 15) is 4.79 Å². The molecular weight excluding hydrogens is 352 g/mol. The van der Waals surface area contributed by atoms with E-state index in [1.165, 1.54) is 11.8 Å². The number of nitrogens with zero attached hydrogens (tertiary/aromatic N) is 2. The Morgan fingerprint density at radius 1 is 1.33 bits per heavy atom. The first-order chi connectivity index (χ1) is 9.94. The van der Waals surface area contributed by atoms with E-state index in [1.807, 2.05) is 32.0 Å². The van der Waals surface area contributed by atoms with E-state index in [0.717, 1.165) is 21.4 Å². The normalized spacial score (nSPS) is 10.4. The second-order valence-electron chi connectivity index (χ2n) is 4.54. The minimum Gasteiger partial charge on any atom is -0.384 e. The zero-order chi connectivity index (χ0) is 15.4. The largest absolute Gasteiger partial charge is 0.384 e. The number of carbonyl (C=O) groups excluding carboxylic acids is 1. The van der Waals surface area contributed by atoms with Gasteiger partial charge in [-0.2, -0.15) is 0 Å². The number of rotatable bonds is 4. The van der Waals surface area contributed by atoms with Gasteiger partial charge in [0.25, 0.3) is 0 Å². The Labute approximate surface area is 135 Å². The summed E-state index contributed by atoms with van der Waals surface area (Å²) in [6, 6.07) is 7.45. The summed E-state index contributed by atoms with van der Waals surface area (Å²) in [6.07, 6.45) is 0. The molecule has 7 heteroatoms. The number of carbonyl (C=O) groups is 1. The molecule has 0 radical (unpaired) electrons. The van der Waals surface area contributed by atoms with Crippen LogP contribution in [-0.2, 0) is 4.79 Å². The van der Waals surface area contributed by atoms with Crippen LogP contribution in [0, 0.1) is 13.8 Å². The summed E-state index contributed by atoms with van der Waals surface area (Å²) < 4.78 is 0.858. The molecule has 21 heavy (non-hydrogen) atoms. The molecule has 110 valence electrons. The summed E-state index contributed by atoms with van der Waals surface area (Å²) in [5.41, 5.74) is 8.31. The van der Waals surface area contributed by atoms with Crippen molar-refractivity contribution in [2.45, 2.75) is 19.0 Å². The number of aryl methyl sites for hydroxylation is 2. The predicted molar refractivity (Wildman–Crippen MR) is 89.4 cm³/mol. The molecule has 1 heterocycles. The molecule has 0 aliphatic carbocycles. The van der Waals surface area contributed by atoms with Gasteiger partial charge in [-0.1, -0.05) is 17.8 Å². The average Bonchev–Trinajstić information content (AvgIpc) is 2.39. The van der Waals surface area contributed by atoms with E-state index in [4.69, 9.17) is 5.73 Å². The molecule has 0 bridgehead atoms. The number of nitrogens with one attached hydrogen (secondary N) is 1. The molecule has 2 aromatic rings. The fourth-order valence-corrected chi connectivity index (χ4v) is 2.97. The van der Waals surface area contributed by atoms with Crippen molar-refractivity contribution in [2.75, 3.05) is 16.8 Å². The lowest BCUT2D eigenvalue weighted by Crippen LogP contribution is -2.14. The maximum atomic E-state index is 12.0. The third-order valence-electron chi connectivity index (χ3n) is 2.58. The SMILES string of the molecule is Cc1ccc(NC(=O)CSc2nc(C)cc(N)n2)c(Br)c1. The van der Waals surface area contributed by atoms with Crippen molar-refractivity contribution in [3.8, 4) is 0 Å². The van der Waals surface area contributed by atoms with Gasteiger partial charge in [0.15, 0.2) is 5.16 Å². The second-order valence-corrected chi connectivity index (χ2v) is 6.33. The smallest absolute Gasteiger partial charge is 0.234 e. The lowest BCUT2D eigenvalue weighted by Gasteiger charge is -2.08. The second kappa shape index (κ2) is 6.91. The van der Waals surface area contributed by atoms with E-state index in [1.54, 1.807) is 6.07 Å². The van der Waals surface area contributed by atoms with Crippen LogP contribution in [0.25, 0.3) is 0 Å². The van der Waals surface area contributed by atoms with Crippen LogP contribution in [-0.4, -0.2) is 21.6 Å². The Hall–Kier alpha value is -1.60. The van der Waals surface area contributed by atoms with Crippen molar-refractivity contribution in [1.29, 1.82) is 0 Å². The first-order valence-electron chi connectivity index (χ1n) is 6.24. The van der Waals surface area contributed by atoms with Crippen molar-refractivity contribution in [3.63, 3.8) is 0 Å². The lowest BCUT2D eigenvalue weighted by molar-refractivity contribution is -0.113. The number of hydrogen-bond donors (Lipinski definition) is 2. The number of hydrogen-bond acceptors (Lipinski definition) is 5. The van der Waals surface area contributed by atoms with E-state index in [-0.39, 0.29) is 11.7 Å². The minimum atomic E-state index is -0.117. The third-order valence-corrected chi connectivity index (χ3v) is 4.09. The first kappa shape index (κ1) is 15.8. The van der Waals surface area contributed by atoms with Crippen molar-refractivity contribution >= 4 is 45.1 Å². The summed E-state index contributed by atoms with van der Waals surface area (Å²) in [4.78, 5) is 20.3. The van der Waals surface area contributed by atoms with Crippen LogP contribution in [0.4, 0.5) is 11.5 Å². The van der Waals surface area contributed by atoms with Gasteiger partial charge >= 0.3 is 0 Å². The van der Waals surface area contributed by atoms with Crippen molar-refractivity contribution in [3.05, 3.63) is 40.0 Å². The van der Waals surface area contributed by atoms with E-state index in [2.05, 4.69) is 31.2 Å². The first-order valence-corrected chi connectivity index (χ1v) is 8.02. The number of anilines is 2. The van der Waals surface area contributed by atoms with Gasteiger partial charge in [-0.15, -0.1) is 0 Å². The summed E-state index contributed by atoms with van der Waals surface area (Å²) in [6.45, 7) is 3.83. The number of thioether (sulfide) groups is 1. The van der Waals surface area contributed by atoms with Crippen LogP contribution in [0.5, 0.6) is 0 Å². The Morgan fingerprint density at radius 2 is 2.10 bits per heavy atom. The van der Waals surface area contributed by atoms with Crippen molar-refractivity contribution < 1.29 is 4.79 Å². The topological polar surface area (TPSA) is 80.9 Å². The fourth-order valence-electron chi connectivity index (χ4n) is 1.67. The van der Waals surface area contributed by atoms with Crippen LogP contribution in [0.3, 0.4) is 0 Å². The van der Waals surface area contributed by atoms with Crippen molar-refractivity contribution in [2.24, 2.45) is 0 Å². The molecule has 1 aromatic heterocycles. The molecular formula is C14H15BrN4OS. The van der Waals surface area contributed by atoms with E-state index in [0.29, 0.717) is 11.0 Å². The van der Waals surface area contributed by atoms with Crippen molar-refractivity contribution in [1.82, 2.24) is 9.97 Å². The van der Waals surface area contributed by atoms with Crippen LogP contribution in [0.2, 0.25) is 0 Å². The van der Waals surface area contributed by atoms with Gasteiger partial charge < -0.3 is 11.1 Å². The quantitative estimate of drug-likeness (QED) is 0.641. The molecule has 0 fully saturated rings. The molecule has 2 rings (SSSR count). The van der Waals surface area contributed by atoms with Gasteiger partial charge in [-0.3, -0.25) is 4.79 Å². The van der Waals surface area contributed by atoms with E-state index >= 15 is 0 Å². The molecule has 5 nitrogen and oxygen atoms in total. The summed E-state index contributed by atoms with van der Waals surface area (Å²) in [7, 11) is 0. The molecule has 0 aliphatic rings. The molecule has 0 atom stereocenters. The van der Waals surface area contributed by atoms with Crippen LogP contribution < -0.4 is 11.1 Å². The Balaban J connectivity index is 1.95. The van der Waals surface area contributed by atoms with Crippen LogP contribution in [0.1, 0.15) is 11.3 Å². The molecule has 0 aliphatic heterocycles. The highest BCUT2D eigenvalue weighted by Gasteiger charge is 2.08. The van der Waals surface area contributed by atoms with Crippen LogP contribution in [0.15, 0.2) is 33.9 Å². The monoisotopic (exact) mass is 366 g/mol. The molecule has 0 saturated carbocycles. The number of nitrogens with two attached hydrogens (primary N) is 1. The minimum absolute atomic E-state index is 0.117. The summed E-state index contributed by atoms with van der Waals surface area (Å²) in [5.74, 6) is 0.517. The Morgan fingerprint density at radius 3 is 2.76 bits per heavy atom. The maximum absolute atomic E-state index is 12.0. The van der Waals surface area contributed by atoms with Gasteiger partial charge in [0.1, 0.15) is 5.82 Å². The van der Waals surface area contributed by atoms with Gasteiger partial charge in [0.05, 0.1) is 11.4 Å². The number of halogens is 1. The predicted octanol–water partition coefficient (Wildman–Crippen LogP) is 3.17. The van der Waals surface area contributed by atoms with Gasteiger partial charge in [0, 0.05) is 16.2 Å². The molecule has 0 saturated heterocycles. The highest BCUT2D eigenvalue weighted by atomic mass is 79.9. The number of amides is 1. The zero-order valence-electron chi connectivity index (χ0n) is 11.7. The number of nitrogen functional groups attached to an aromatic ring is 1. The summed E-state index contributed by atoms with van der Waals surface area (Å²) >= 11 is 4.68. The third kappa shape index (κ3) is 4.71. The lowest BCUT2D eigenvalue weighted by atomic mass is 10.2. The average molecular weight is 367 g/mol. The van der Waals surface area contributed by atoms with Gasteiger partial charge in [-0.05, 0) is 47.5 Å². The highest BCUT2D eigenvalue weighted by Crippen LogP contribution is 2.24. The summed E-state index contributed by atoms with van der Waals surface area (Å²) in [5, 5.41) is 3.35. The fraction of sp³-hybridized carbons (Fsp3) is 0.214. The van der Waals surface area contributed by atoms with Gasteiger partial charge in [0.2, 0.25) is 5.91 Å². The number of benzene rings is 1.